The first-order chi connectivity index (χ1) is 7.15. The number of carboxylic acid groups (broad SMARTS) is 1. The topological polar surface area (TPSA) is 37.3 Å². The third-order valence-corrected chi connectivity index (χ3v) is 2.48. The monoisotopic (exact) mass is 244 g/mol. The van der Waals surface area contributed by atoms with Gasteiger partial charge >= 0.3 is 18.1 Å². The minimum absolute atomic E-state index is 0.0211. The summed E-state index contributed by atoms with van der Waals surface area (Å²) in [5.41, 5.74) is -0.344. The first-order valence-electron chi connectivity index (χ1n) is 4.53. The molecule has 0 aromatic carbocycles. The molecule has 0 heterocycles. The summed E-state index contributed by atoms with van der Waals surface area (Å²) in [4.78, 5) is 10.6. The molecule has 0 aromatic rings. The van der Waals surface area contributed by atoms with Gasteiger partial charge in [-0.25, -0.2) is 4.79 Å². The van der Waals surface area contributed by atoms with E-state index in [1.165, 1.54) is 6.08 Å². The van der Waals surface area contributed by atoms with Crippen LogP contribution in [0.4, 0.5) is 22.0 Å². The number of rotatable bonds is 3. The van der Waals surface area contributed by atoms with E-state index in [1.54, 1.807) is 0 Å². The fourth-order valence-electron chi connectivity index (χ4n) is 1.66. The second-order valence-corrected chi connectivity index (χ2v) is 3.65. The predicted molar refractivity (Wildman–Crippen MR) is 44.1 cm³/mol. The molecular weight excluding hydrogens is 235 g/mol. The third-order valence-electron chi connectivity index (χ3n) is 2.48. The van der Waals surface area contributed by atoms with Crippen molar-refractivity contribution in [1.29, 1.82) is 0 Å². The average molecular weight is 244 g/mol. The van der Waals surface area contributed by atoms with Gasteiger partial charge < -0.3 is 5.11 Å². The van der Waals surface area contributed by atoms with Crippen LogP contribution in [0.3, 0.4) is 0 Å². The van der Waals surface area contributed by atoms with E-state index in [-0.39, 0.29) is 18.4 Å². The van der Waals surface area contributed by atoms with Gasteiger partial charge in [0.1, 0.15) is 0 Å². The Morgan fingerprint density at radius 1 is 1.38 bits per heavy atom. The standard InChI is InChI=1S/C9H9F5O2/c10-8(11,9(12,13)14)4-5-2-1-3-6(5)7(15)16/h3,5H,1-2,4H2,(H,15,16). The molecule has 0 amide bonds. The quantitative estimate of drug-likeness (QED) is 0.775. The number of hydrogen-bond acceptors (Lipinski definition) is 1. The fourth-order valence-corrected chi connectivity index (χ4v) is 1.66. The molecule has 0 aromatic heterocycles. The summed E-state index contributed by atoms with van der Waals surface area (Å²) in [6.45, 7) is 0. The van der Waals surface area contributed by atoms with Crippen LogP contribution in [-0.4, -0.2) is 23.2 Å². The highest BCUT2D eigenvalue weighted by atomic mass is 19.4. The minimum atomic E-state index is -5.63. The zero-order chi connectivity index (χ0) is 12.6. The van der Waals surface area contributed by atoms with Crippen molar-refractivity contribution in [2.45, 2.75) is 31.4 Å². The number of halogens is 5. The Morgan fingerprint density at radius 3 is 2.38 bits per heavy atom. The largest absolute Gasteiger partial charge is 0.478 e. The summed E-state index contributed by atoms with van der Waals surface area (Å²) in [6, 6.07) is 0. The smallest absolute Gasteiger partial charge is 0.453 e. The van der Waals surface area contributed by atoms with Gasteiger partial charge in [0, 0.05) is 12.0 Å². The Kier molecular flexibility index (Phi) is 3.25. The fraction of sp³-hybridized carbons (Fsp3) is 0.667. The molecule has 1 unspecified atom stereocenters. The molecule has 1 aliphatic rings. The maximum Gasteiger partial charge on any atom is 0.453 e. The summed E-state index contributed by atoms with van der Waals surface area (Å²) >= 11 is 0. The maximum absolute atomic E-state index is 12.7. The second kappa shape index (κ2) is 4.03. The van der Waals surface area contributed by atoms with E-state index >= 15 is 0 Å². The molecule has 0 spiro atoms. The van der Waals surface area contributed by atoms with Crippen LogP contribution in [0.25, 0.3) is 0 Å². The van der Waals surface area contributed by atoms with Crippen LogP contribution in [0, 0.1) is 5.92 Å². The molecule has 0 radical (unpaired) electrons. The molecule has 1 N–H and O–H groups in total. The van der Waals surface area contributed by atoms with Crippen molar-refractivity contribution in [2.75, 3.05) is 0 Å². The van der Waals surface area contributed by atoms with E-state index in [1.807, 2.05) is 0 Å². The van der Waals surface area contributed by atoms with Crippen LogP contribution in [0.1, 0.15) is 19.3 Å². The van der Waals surface area contributed by atoms with E-state index < -0.39 is 30.4 Å². The Balaban J connectivity index is 2.76. The number of hydrogen-bond donors (Lipinski definition) is 1. The molecule has 1 rings (SSSR count). The van der Waals surface area contributed by atoms with Gasteiger partial charge in [-0.15, -0.1) is 0 Å². The summed E-state index contributed by atoms with van der Waals surface area (Å²) < 4.78 is 61.0. The normalized spacial score (nSPS) is 22.1. The number of aliphatic carboxylic acids is 1. The van der Waals surface area contributed by atoms with Gasteiger partial charge in [0.2, 0.25) is 0 Å². The van der Waals surface area contributed by atoms with Crippen LogP contribution >= 0.6 is 0 Å². The number of carboxylic acids is 1. The summed E-state index contributed by atoms with van der Waals surface area (Å²) in [5.74, 6) is -7.49. The lowest BCUT2D eigenvalue weighted by molar-refractivity contribution is -0.287. The summed E-state index contributed by atoms with van der Waals surface area (Å²) in [5, 5.41) is 8.59. The molecule has 2 nitrogen and oxygen atoms in total. The molecular formula is C9H9F5O2. The van der Waals surface area contributed by atoms with E-state index in [0.717, 1.165) is 0 Å². The van der Waals surface area contributed by atoms with E-state index in [0.29, 0.717) is 0 Å². The van der Waals surface area contributed by atoms with Gasteiger partial charge in [0.25, 0.3) is 0 Å². The van der Waals surface area contributed by atoms with Gasteiger partial charge in [-0.1, -0.05) is 6.08 Å². The van der Waals surface area contributed by atoms with Crippen molar-refractivity contribution >= 4 is 5.97 Å². The zero-order valence-electron chi connectivity index (χ0n) is 8.02. The summed E-state index contributed by atoms with van der Waals surface area (Å²) in [6.07, 6.45) is -5.68. The van der Waals surface area contributed by atoms with Gasteiger partial charge in [-0.3, -0.25) is 0 Å². The van der Waals surface area contributed by atoms with Gasteiger partial charge in [-0.05, 0) is 18.8 Å². The van der Waals surface area contributed by atoms with E-state index in [4.69, 9.17) is 5.11 Å². The SMILES string of the molecule is O=C(O)C1=CCCC1CC(F)(F)C(F)(F)F. The second-order valence-electron chi connectivity index (χ2n) is 3.65. The van der Waals surface area contributed by atoms with Crippen molar-refractivity contribution in [1.82, 2.24) is 0 Å². The number of carbonyl (C=O) groups is 1. The Labute approximate surface area is 87.7 Å². The molecule has 1 aliphatic carbocycles. The number of allylic oxidation sites excluding steroid dienone is 1. The third kappa shape index (κ3) is 2.51. The van der Waals surface area contributed by atoms with Crippen LogP contribution < -0.4 is 0 Å². The van der Waals surface area contributed by atoms with Crippen molar-refractivity contribution in [3.8, 4) is 0 Å². The van der Waals surface area contributed by atoms with Crippen molar-refractivity contribution < 1.29 is 31.9 Å². The molecule has 0 saturated carbocycles. The first-order valence-corrected chi connectivity index (χ1v) is 4.53. The van der Waals surface area contributed by atoms with Gasteiger partial charge in [0.15, 0.2) is 0 Å². The van der Waals surface area contributed by atoms with Crippen LogP contribution in [0.2, 0.25) is 0 Å². The Hall–Kier alpha value is -1.14. The first kappa shape index (κ1) is 12.9. The Morgan fingerprint density at radius 2 is 1.94 bits per heavy atom. The molecule has 0 fully saturated rings. The van der Waals surface area contributed by atoms with E-state index in [9.17, 15) is 26.7 Å². The molecule has 0 bridgehead atoms. The van der Waals surface area contributed by atoms with Crippen molar-refractivity contribution in [2.24, 2.45) is 5.92 Å². The highest BCUT2D eigenvalue weighted by Crippen LogP contribution is 2.43. The highest BCUT2D eigenvalue weighted by molar-refractivity contribution is 5.87. The van der Waals surface area contributed by atoms with Crippen molar-refractivity contribution in [3.05, 3.63) is 11.6 Å². The maximum atomic E-state index is 12.7. The van der Waals surface area contributed by atoms with Crippen LogP contribution in [-0.2, 0) is 4.79 Å². The highest BCUT2D eigenvalue weighted by Gasteiger charge is 2.58. The van der Waals surface area contributed by atoms with Crippen molar-refractivity contribution in [3.63, 3.8) is 0 Å². The minimum Gasteiger partial charge on any atom is -0.478 e. The van der Waals surface area contributed by atoms with Gasteiger partial charge in [-0.2, -0.15) is 22.0 Å². The van der Waals surface area contributed by atoms with E-state index in [2.05, 4.69) is 0 Å². The van der Waals surface area contributed by atoms with Gasteiger partial charge in [0.05, 0.1) is 0 Å². The molecule has 1 atom stereocenters. The molecule has 16 heavy (non-hydrogen) atoms. The lowest BCUT2D eigenvalue weighted by Crippen LogP contribution is -2.38. The zero-order valence-corrected chi connectivity index (χ0v) is 8.02. The van der Waals surface area contributed by atoms with Crippen LogP contribution in [0.5, 0.6) is 0 Å². The Bertz CT molecular complexity index is 318. The lowest BCUT2D eigenvalue weighted by atomic mass is 9.94. The number of alkyl halides is 5. The summed E-state index contributed by atoms with van der Waals surface area (Å²) in [7, 11) is 0. The predicted octanol–water partition coefficient (Wildman–Crippen LogP) is 3.00. The molecule has 92 valence electrons. The lowest BCUT2D eigenvalue weighted by Gasteiger charge is -2.23. The molecule has 0 saturated heterocycles. The molecule has 7 heteroatoms. The van der Waals surface area contributed by atoms with Crippen LogP contribution in [0.15, 0.2) is 11.6 Å². The average Bonchev–Trinajstić information content (AvgIpc) is 2.49. The molecule has 0 aliphatic heterocycles.